The van der Waals surface area contributed by atoms with Crippen LogP contribution in [-0.4, -0.2) is 25.3 Å². The summed E-state index contributed by atoms with van der Waals surface area (Å²) in [6, 6.07) is 2.07. The van der Waals surface area contributed by atoms with Crippen LogP contribution in [0, 0.1) is 17.2 Å². The van der Waals surface area contributed by atoms with Gasteiger partial charge in [0.25, 0.3) is 0 Å². The number of primary amides is 1. The largest absolute Gasteiger partial charge is 0.446 e. The van der Waals surface area contributed by atoms with Crippen LogP contribution < -0.4 is 11.1 Å². The zero-order chi connectivity index (χ0) is 9.68. The molecule has 0 unspecified atom stereocenters. The first kappa shape index (κ1) is 13.0. The molecule has 1 aliphatic rings. The minimum atomic E-state index is -0.755. The van der Waals surface area contributed by atoms with Crippen molar-refractivity contribution < 1.29 is 9.53 Å². The van der Waals surface area contributed by atoms with Crippen molar-refractivity contribution >= 4 is 18.5 Å². The lowest BCUT2D eigenvalue weighted by molar-refractivity contribution is 0.0510. The number of amides is 1. The van der Waals surface area contributed by atoms with Gasteiger partial charge in [-0.05, 0) is 13.0 Å². The molecule has 1 amide bonds. The number of piperidine rings is 1. The van der Waals surface area contributed by atoms with Crippen LogP contribution in [0.5, 0.6) is 0 Å². The number of nitrogens with one attached hydrogen (secondary N) is 1. The molecular formula is C8H14ClN3O2. The maximum atomic E-state index is 10.5. The first-order valence-corrected chi connectivity index (χ1v) is 4.27. The van der Waals surface area contributed by atoms with Crippen molar-refractivity contribution in [1.82, 2.24) is 5.32 Å². The van der Waals surface area contributed by atoms with Gasteiger partial charge in [0.05, 0.1) is 6.07 Å². The van der Waals surface area contributed by atoms with Crippen molar-refractivity contribution in [1.29, 1.82) is 5.26 Å². The Morgan fingerprint density at radius 1 is 1.71 bits per heavy atom. The molecule has 0 aromatic carbocycles. The van der Waals surface area contributed by atoms with Gasteiger partial charge >= 0.3 is 6.09 Å². The molecule has 5 nitrogen and oxygen atoms in total. The van der Waals surface area contributed by atoms with Gasteiger partial charge in [-0.1, -0.05) is 0 Å². The van der Waals surface area contributed by atoms with Crippen molar-refractivity contribution in [3.05, 3.63) is 0 Å². The predicted molar refractivity (Wildman–Crippen MR) is 52.9 cm³/mol. The Balaban J connectivity index is 0.00000169. The quantitative estimate of drug-likeness (QED) is 0.704. The van der Waals surface area contributed by atoms with E-state index in [1.165, 1.54) is 0 Å². The van der Waals surface area contributed by atoms with Crippen LogP contribution >= 0.6 is 12.4 Å². The van der Waals surface area contributed by atoms with Crippen molar-refractivity contribution in [2.75, 3.05) is 13.1 Å². The Labute approximate surface area is 89.0 Å². The first-order chi connectivity index (χ1) is 6.24. The molecule has 14 heavy (non-hydrogen) atoms. The summed E-state index contributed by atoms with van der Waals surface area (Å²) in [5.74, 6) is 0.0752. The molecule has 1 rings (SSSR count). The summed E-state index contributed by atoms with van der Waals surface area (Å²) in [7, 11) is 0. The van der Waals surface area contributed by atoms with Crippen LogP contribution in [0.15, 0.2) is 0 Å². The molecule has 0 saturated carbocycles. The van der Waals surface area contributed by atoms with Crippen molar-refractivity contribution in [2.24, 2.45) is 11.7 Å². The highest BCUT2D eigenvalue weighted by atomic mass is 35.5. The molecule has 0 spiro atoms. The molecule has 3 N–H and O–H groups in total. The second-order valence-corrected chi connectivity index (χ2v) is 3.09. The fraction of sp³-hybridized carbons (Fsp3) is 0.750. The molecule has 1 heterocycles. The summed E-state index contributed by atoms with van der Waals surface area (Å²) in [6.45, 7) is 1.52. The Kier molecular flexibility index (Phi) is 6.00. The second-order valence-electron chi connectivity index (χ2n) is 3.09. The highest BCUT2D eigenvalue weighted by Crippen LogP contribution is 2.17. The standard InChI is InChI=1S/C8H13N3O2.ClH/c9-3-1-6-5-11-4-2-7(6)13-8(10)12;/h6-7,11H,1-2,4-5H2,(H2,10,12);1H/t6-,7-;/m0./s1. The van der Waals surface area contributed by atoms with E-state index in [-0.39, 0.29) is 24.4 Å². The van der Waals surface area contributed by atoms with E-state index in [4.69, 9.17) is 15.7 Å². The lowest BCUT2D eigenvalue weighted by Gasteiger charge is -2.29. The van der Waals surface area contributed by atoms with Gasteiger partial charge in [-0.25, -0.2) is 4.79 Å². The highest BCUT2D eigenvalue weighted by Gasteiger charge is 2.27. The molecule has 1 fully saturated rings. The number of carbonyl (C=O) groups excluding carboxylic acids is 1. The van der Waals surface area contributed by atoms with E-state index < -0.39 is 6.09 Å². The number of carbonyl (C=O) groups is 1. The third kappa shape index (κ3) is 3.81. The fourth-order valence-corrected chi connectivity index (χ4v) is 1.52. The molecule has 6 heteroatoms. The molecule has 0 bridgehead atoms. The van der Waals surface area contributed by atoms with E-state index >= 15 is 0 Å². The zero-order valence-corrected chi connectivity index (χ0v) is 8.55. The molecule has 0 aromatic rings. The van der Waals surface area contributed by atoms with Gasteiger partial charge in [0, 0.05) is 18.9 Å². The minimum absolute atomic E-state index is 0. The number of hydrogen-bond acceptors (Lipinski definition) is 4. The molecular weight excluding hydrogens is 206 g/mol. The van der Waals surface area contributed by atoms with Crippen LogP contribution in [0.4, 0.5) is 4.79 Å². The Morgan fingerprint density at radius 2 is 2.43 bits per heavy atom. The molecule has 80 valence electrons. The van der Waals surface area contributed by atoms with E-state index in [9.17, 15) is 4.79 Å². The third-order valence-corrected chi connectivity index (χ3v) is 2.16. The summed E-state index contributed by atoms with van der Waals surface area (Å²) in [5, 5.41) is 11.7. The smallest absolute Gasteiger partial charge is 0.404 e. The number of halogens is 1. The first-order valence-electron chi connectivity index (χ1n) is 4.27. The van der Waals surface area contributed by atoms with Gasteiger partial charge in [-0.15, -0.1) is 12.4 Å². The summed E-state index contributed by atoms with van der Waals surface area (Å²) >= 11 is 0. The second kappa shape index (κ2) is 6.46. The van der Waals surface area contributed by atoms with Crippen LogP contribution in [0.1, 0.15) is 12.8 Å². The normalized spacial score (nSPS) is 25.6. The van der Waals surface area contributed by atoms with Gasteiger partial charge < -0.3 is 15.8 Å². The Hall–Kier alpha value is -0.990. The van der Waals surface area contributed by atoms with Crippen molar-refractivity contribution in [3.8, 4) is 6.07 Å². The van der Waals surface area contributed by atoms with Crippen LogP contribution in [0.3, 0.4) is 0 Å². The van der Waals surface area contributed by atoms with Gasteiger partial charge in [0.1, 0.15) is 6.10 Å². The number of rotatable bonds is 2. The van der Waals surface area contributed by atoms with E-state index in [0.29, 0.717) is 13.0 Å². The topological polar surface area (TPSA) is 88.1 Å². The molecule has 0 aromatic heterocycles. The molecule has 2 atom stereocenters. The highest BCUT2D eigenvalue weighted by molar-refractivity contribution is 5.85. The van der Waals surface area contributed by atoms with Crippen LogP contribution in [0.25, 0.3) is 0 Å². The number of ether oxygens (including phenoxy) is 1. The third-order valence-electron chi connectivity index (χ3n) is 2.16. The summed E-state index contributed by atoms with van der Waals surface area (Å²) in [6.07, 6.45) is 0.175. The van der Waals surface area contributed by atoms with Crippen molar-refractivity contribution in [3.63, 3.8) is 0 Å². The van der Waals surface area contributed by atoms with E-state index in [0.717, 1.165) is 13.0 Å². The van der Waals surface area contributed by atoms with Gasteiger partial charge in [-0.3, -0.25) is 0 Å². The maximum absolute atomic E-state index is 10.5. The Bertz CT molecular complexity index is 229. The van der Waals surface area contributed by atoms with Crippen LogP contribution in [0.2, 0.25) is 0 Å². The number of hydrogen-bond donors (Lipinski definition) is 2. The average Bonchev–Trinajstić information content (AvgIpc) is 2.08. The molecule has 1 saturated heterocycles. The van der Waals surface area contributed by atoms with Crippen LogP contribution in [-0.2, 0) is 4.74 Å². The number of nitrogens with zero attached hydrogens (tertiary/aromatic N) is 1. The molecule has 1 aliphatic heterocycles. The lowest BCUT2D eigenvalue weighted by atomic mass is 9.93. The van der Waals surface area contributed by atoms with E-state index in [1.807, 2.05) is 0 Å². The monoisotopic (exact) mass is 219 g/mol. The zero-order valence-electron chi connectivity index (χ0n) is 7.73. The summed E-state index contributed by atoms with van der Waals surface area (Å²) < 4.78 is 4.90. The van der Waals surface area contributed by atoms with Gasteiger partial charge in [-0.2, -0.15) is 5.26 Å². The van der Waals surface area contributed by atoms with E-state index in [2.05, 4.69) is 11.4 Å². The number of nitrogens with two attached hydrogens (primary N) is 1. The average molecular weight is 220 g/mol. The lowest BCUT2D eigenvalue weighted by Crippen LogP contribution is -2.42. The minimum Gasteiger partial charge on any atom is -0.446 e. The molecule has 0 radical (unpaired) electrons. The number of nitriles is 1. The Morgan fingerprint density at radius 3 is 3.00 bits per heavy atom. The molecule has 0 aliphatic carbocycles. The SMILES string of the molecule is Cl.N#CC[C@H]1CNCC[C@@H]1OC(N)=O. The summed E-state index contributed by atoms with van der Waals surface area (Å²) in [4.78, 5) is 10.5. The van der Waals surface area contributed by atoms with Gasteiger partial charge in [0.2, 0.25) is 0 Å². The summed E-state index contributed by atoms with van der Waals surface area (Å²) in [5.41, 5.74) is 4.92. The van der Waals surface area contributed by atoms with Gasteiger partial charge in [0.15, 0.2) is 0 Å². The maximum Gasteiger partial charge on any atom is 0.404 e. The van der Waals surface area contributed by atoms with E-state index in [1.54, 1.807) is 0 Å². The van der Waals surface area contributed by atoms with Crippen molar-refractivity contribution in [2.45, 2.75) is 18.9 Å². The predicted octanol–water partition coefficient (Wildman–Crippen LogP) is 0.395. The fourth-order valence-electron chi connectivity index (χ4n) is 1.52.